The van der Waals surface area contributed by atoms with E-state index in [1.54, 1.807) is 22.7 Å². The van der Waals surface area contributed by atoms with Gasteiger partial charge in [-0.3, -0.25) is 0 Å². The number of rotatable bonds is 4. The van der Waals surface area contributed by atoms with E-state index in [-0.39, 0.29) is 6.04 Å². The van der Waals surface area contributed by atoms with Crippen LogP contribution in [0.1, 0.15) is 35.1 Å². The third-order valence-corrected chi connectivity index (χ3v) is 5.61. The van der Waals surface area contributed by atoms with Crippen LogP contribution in [0, 0.1) is 0 Å². The Labute approximate surface area is 127 Å². The van der Waals surface area contributed by atoms with Crippen LogP contribution in [0.25, 0.3) is 0 Å². The van der Waals surface area contributed by atoms with Crippen molar-refractivity contribution >= 4 is 34.3 Å². The summed E-state index contributed by atoms with van der Waals surface area (Å²) in [5, 5.41) is 4.50. The lowest BCUT2D eigenvalue weighted by molar-refractivity contribution is 0.140. The lowest BCUT2D eigenvalue weighted by Gasteiger charge is -2.31. The van der Waals surface area contributed by atoms with Crippen molar-refractivity contribution in [3.63, 3.8) is 0 Å². The molecule has 0 amide bonds. The van der Waals surface area contributed by atoms with Crippen LogP contribution in [0.4, 0.5) is 0 Å². The number of thiophene rings is 2. The highest BCUT2D eigenvalue weighted by Crippen LogP contribution is 2.33. The predicted molar refractivity (Wildman–Crippen MR) is 84.1 cm³/mol. The van der Waals surface area contributed by atoms with Gasteiger partial charge >= 0.3 is 0 Å². The molecule has 0 radical (unpaired) electrons. The molecular weight excluding hydrogens is 296 g/mol. The second kappa shape index (κ2) is 6.37. The molecule has 2 aromatic heterocycles. The molecular formula is C14H17ClN2S2. The number of nitrogens with zero attached hydrogens (tertiary/aromatic N) is 1. The van der Waals surface area contributed by atoms with E-state index < -0.39 is 0 Å². The topological polar surface area (TPSA) is 15.3 Å². The molecule has 0 aromatic carbocycles. The van der Waals surface area contributed by atoms with Crippen LogP contribution < -0.4 is 5.43 Å². The van der Waals surface area contributed by atoms with Gasteiger partial charge in [0.25, 0.3) is 0 Å². The molecule has 1 fully saturated rings. The van der Waals surface area contributed by atoms with Crippen molar-refractivity contribution in [1.82, 2.24) is 10.4 Å². The second-order valence-corrected chi connectivity index (χ2v) is 7.49. The van der Waals surface area contributed by atoms with E-state index in [0.717, 1.165) is 17.4 Å². The van der Waals surface area contributed by atoms with Gasteiger partial charge in [0, 0.05) is 22.8 Å². The average molecular weight is 313 g/mol. The molecule has 5 heteroatoms. The summed E-state index contributed by atoms with van der Waals surface area (Å²) in [7, 11) is 0. The molecule has 1 aliphatic rings. The number of nitrogens with one attached hydrogen (secondary N) is 1. The van der Waals surface area contributed by atoms with Crippen LogP contribution in [-0.2, 0) is 0 Å². The number of piperidine rings is 1. The van der Waals surface area contributed by atoms with Crippen molar-refractivity contribution in [2.45, 2.75) is 25.3 Å². The fraction of sp³-hybridized carbons (Fsp3) is 0.429. The molecule has 2 aromatic rings. The zero-order valence-corrected chi connectivity index (χ0v) is 13.0. The van der Waals surface area contributed by atoms with Gasteiger partial charge in [-0.1, -0.05) is 24.1 Å². The lowest BCUT2D eigenvalue weighted by Crippen LogP contribution is -2.43. The highest BCUT2D eigenvalue weighted by Gasteiger charge is 2.21. The molecule has 102 valence electrons. The maximum Gasteiger partial charge on any atom is 0.0931 e. The smallest absolute Gasteiger partial charge is 0.0931 e. The molecule has 2 nitrogen and oxygen atoms in total. The van der Waals surface area contributed by atoms with Gasteiger partial charge in [-0.05, 0) is 36.4 Å². The Morgan fingerprint density at radius 2 is 1.95 bits per heavy atom. The zero-order chi connectivity index (χ0) is 13.1. The fourth-order valence-corrected chi connectivity index (χ4v) is 4.40. The Balaban J connectivity index is 1.80. The molecule has 1 atom stereocenters. The van der Waals surface area contributed by atoms with E-state index in [4.69, 9.17) is 11.6 Å². The van der Waals surface area contributed by atoms with Gasteiger partial charge in [-0.15, -0.1) is 22.7 Å². The summed E-state index contributed by atoms with van der Waals surface area (Å²) in [6, 6.07) is 8.67. The number of hydrogen-bond donors (Lipinski definition) is 1. The Bertz CT molecular complexity index is 503. The average Bonchev–Trinajstić information content (AvgIpc) is 3.09. The Hall–Kier alpha value is -0.390. The third-order valence-electron chi connectivity index (χ3n) is 3.37. The molecule has 19 heavy (non-hydrogen) atoms. The van der Waals surface area contributed by atoms with Crippen LogP contribution in [0.3, 0.4) is 0 Å². The Morgan fingerprint density at radius 1 is 1.11 bits per heavy atom. The van der Waals surface area contributed by atoms with Crippen LogP contribution >= 0.6 is 34.3 Å². The van der Waals surface area contributed by atoms with Gasteiger partial charge in [0.15, 0.2) is 0 Å². The summed E-state index contributed by atoms with van der Waals surface area (Å²) in [6.07, 6.45) is 3.93. The normalized spacial score (nSPS) is 18.6. The summed E-state index contributed by atoms with van der Waals surface area (Å²) in [6.45, 7) is 2.28. The van der Waals surface area contributed by atoms with Crippen molar-refractivity contribution in [2.24, 2.45) is 0 Å². The lowest BCUT2D eigenvalue weighted by atomic mass is 10.1. The van der Waals surface area contributed by atoms with E-state index in [1.807, 2.05) is 6.07 Å². The second-order valence-electron chi connectivity index (χ2n) is 4.77. The predicted octanol–water partition coefficient (Wildman–Crippen LogP) is 4.54. The van der Waals surface area contributed by atoms with Gasteiger partial charge in [0.1, 0.15) is 0 Å². The van der Waals surface area contributed by atoms with E-state index in [9.17, 15) is 0 Å². The van der Waals surface area contributed by atoms with Crippen molar-refractivity contribution < 1.29 is 0 Å². The van der Waals surface area contributed by atoms with Gasteiger partial charge in [0.05, 0.1) is 10.4 Å². The summed E-state index contributed by atoms with van der Waals surface area (Å²) in [4.78, 5) is 2.64. The fourth-order valence-electron chi connectivity index (χ4n) is 2.41. The molecule has 3 rings (SSSR count). The molecule has 1 unspecified atom stereocenters. The third kappa shape index (κ3) is 3.38. The number of hydrogen-bond acceptors (Lipinski definition) is 4. The van der Waals surface area contributed by atoms with Crippen LogP contribution in [0.15, 0.2) is 29.6 Å². The minimum atomic E-state index is 0.246. The zero-order valence-electron chi connectivity index (χ0n) is 10.6. The highest BCUT2D eigenvalue weighted by molar-refractivity contribution is 7.16. The standard InChI is InChI=1S/C14H17ClN2S2/c15-13-7-6-12(19-13)14(11-5-4-10-18-11)16-17-8-2-1-3-9-17/h4-7,10,14,16H,1-3,8-9H2. The van der Waals surface area contributed by atoms with Crippen LogP contribution in [0.5, 0.6) is 0 Å². The van der Waals surface area contributed by atoms with E-state index in [1.165, 1.54) is 29.0 Å². The number of hydrazine groups is 1. The van der Waals surface area contributed by atoms with Gasteiger partial charge in [0.2, 0.25) is 0 Å². The first-order valence-corrected chi connectivity index (χ1v) is 8.70. The molecule has 0 aliphatic carbocycles. The van der Waals surface area contributed by atoms with E-state index in [2.05, 4.69) is 34.0 Å². The quantitative estimate of drug-likeness (QED) is 0.891. The molecule has 0 saturated carbocycles. The molecule has 3 heterocycles. The Kier molecular flexibility index (Phi) is 4.56. The summed E-state index contributed by atoms with van der Waals surface area (Å²) in [5.74, 6) is 0. The Morgan fingerprint density at radius 3 is 2.58 bits per heavy atom. The van der Waals surface area contributed by atoms with E-state index in [0.29, 0.717) is 0 Å². The monoisotopic (exact) mass is 312 g/mol. The van der Waals surface area contributed by atoms with Crippen LogP contribution in [-0.4, -0.2) is 18.1 Å². The summed E-state index contributed by atoms with van der Waals surface area (Å²) >= 11 is 9.55. The maximum atomic E-state index is 6.09. The SMILES string of the molecule is Clc1ccc(C(NN2CCCCC2)c2cccs2)s1. The minimum absolute atomic E-state index is 0.246. The first kappa shape index (κ1) is 13.6. The molecule has 0 spiro atoms. The van der Waals surface area contributed by atoms with Gasteiger partial charge in [-0.2, -0.15) is 0 Å². The van der Waals surface area contributed by atoms with Crippen molar-refractivity contribution in [3.05, 3.63) is 43.7 Å². The molecule has 1 N–H and O–H groups in total. The summed E-state index contributed by atoms with van der Waals surface area (Å²) < 4.78 is 0.858. The summed E-state index contributed by atoms with van der Waals surface area (Å²) in [5.41, 5.74) is 3.68. The van der Waals surface area contributed by atoms with Crippen molar-refractivity contribution in [1.29, 1.82) is 0 Å². The molecule has 0 bridgehead atoms. The largest absolute Gasteiger partial charge is 0.243 e. The first-order valence-electron chi connectivity index (χ1n) is 6.63. The van der Waals surface area contributed by atoms with Crippen molar-refractivity contribution in [2.75, 3.05) is 13.1 Å². The molecule has 1 saturated heterocycles. The maximum absolute atomic E-state index is 6.09. The molecule has 1 aliphatic heterocycles. The van der Waals surface area contributed by atoms with Gasteiger partial charge < -0.3 is 0 Å². The van der Waals surface area contributed by atoms with Gasteiger partial charge in [-0.25, -0.2) is 10.4 Å². The first-order chi connectivity index (χ1) is 9.33. The van der Waals surface area contributed by atoms with Crippen molar-refractivity contribution in [3.8, 4) is 0 Å². The number of halogens is 1. The van der Waals surface area contributed by atoms with Crippen LogP contribution in [0.2, 0.25) is 4.34 Å². The van der Waals surface area contributed by atoms with E-state index >= 15 is 0 Å². The highest BCUT2D eigenvalue weighted by atomic mass is 35.5. The minimum Gasteiger partial charge on any atom is -0.243 e.